The van der Waals surface area contributed by atoms with Crippen molar-refractivity contribution in [1.82, 2.24) is 0 Å². The summed E-state index contributed by atoms with van der Waals surface area (Å²) < 4.78 is 50.0. The fraction of sp³-hybridized carbons (Fsp3) is 0.190. The molecule has 8 nitrogen and oxygen atoms in total. The zero-order valence-corrected chi connectivity index (χ0v) is 18.9. The molecule has 1 heterocycles. The van der Waals surface area contributed by atoms with Crippen molar-refractivity contribution in [3.63, 3.8) is 0 Å². The minimum Gasteiger partial charge on any atom is -0.493 e. The molecule has 0 fully saturated rings. The van der Waals surface area contributed by atoms with Crippen LogP contribution in [-0.4, -0.2) is 42.8 Å². The molecule has 0 amide bonds. The van der Waals surface area contributed by atoms with Gasteiger partial charge in [-0.2, -0.15) is 0 Å². The predicted octanol–water partition coefficient (Wildman–Crippen LogP) is 4.03. The van der Waals surface area contributed by atoms with Gasteiger partial charge in [0.1, 0.15) is 9.77 Å². The molecule has 1 N–H and O–H groups in total. The van der Waals surface area contributed by atoms with Crippen molar-refractivity contribution in [2.24, 2.45) is 0 Å². The summed E-state index contributed by atoms with van der Waals surface area (Å²) in [5.74, 6) is 0.142. The largest absolute Gasteiger partial charge is 0.493 e. The summed E-state index contributed by atoms with van der Waals surface area (Å²) in [7, 11) is 1.31. The molecule has 31 heavy (non-hydrogen) atoms. The van der Waals surface area contributed by atoms with Crippen molar-refractivity contribution in [2.75, 3.05) is 33.2 Å². The SMILES string of the molecule is COC(=O)c1scc(-c2ccccc2)c1S(=O)(=O)Nc1cc(OC)c(OC)c(OC)c1. The number of nitrogens with one attached hydrogen (secondary N) is 1. The van der Waals surface area contributed by atoms with E-state index in [-0.39, 0.29) is 27.0 Å². The van der Waals surface area contributed by atoms with Crippen LogP contribution in [0.5, 0.6) is 17.2 Å². The Morgan fingerprint density at radius 2 is 1.55 bits per heavy atom. The van der Waals surface area contributed by atoms with E-state index in [1.807, 2.05) is 6.07 Å². The lowest BCUT2D eigenvalue weighted by molar-refractivity contribution is 0.0602. The molecular formula is C21H21NO7S2. The van der Waals surface area contributed by atoms with Gasteiger partial charge < -0.3 is 18.9 Å². The quantitative estimate of drug-likeness (QED) is 0.504. The first kappa shape index (κ1) is 22.4. The van der Waals surface area contributed by atoms with Gasteiger partial charge in [-0.15, -0.1) is 11.3 Å². The number of hydrogen-bond acceptors (Lipinski definition) is 8. The number of esters is 1. The van der Waals surface area contributed by atoms with E-state index in [1.54, 1.807) is 29.6 Å². The summed E-state index contributed by atoms with van der Waals surface area (Å²) in [5.41, 5.74) is 1.22. The second-order valence-corrected chi connectivity index (χ2v) is 8.68. The molecule has 0 aliphatic rings. The Labute approximate surface area is 184 Å². The molecule has 3 aromatic rings. The van der Waals surface area contributed by atoms with Crippen molar-refractivity contribution in [3.8, 4) is 28.4 Å². The number of benzene rings is 2. The second kappa shape index (κ2) is 9.27. The molecule has 2 aromatic carbocycles. The third kappa shape index (κ3) is 4.44. The second-order valence-electron chi connectivity index (χ2n) is 6.18. The van der Waals surface area contributed by atoms with Gasteiger partial charge in [-0.05, 0) is 5.56 Å². The zero-order chi connectivity index (χ0) is 22.6. The average molecular weight is 464 g/mol. The van der Waals surface area contributed by atoms with Crippen LogP contribution < -0.4 is 18.9 Å². The molecule has 3 rings (SSSR count). The van der Waals surface area contributed by atoms with Gasteiger partial charge in [0.15, 0.2) is 11.5 Å². The lowest BCUT2D eigenvalue weighted by Gasteiger charge is -2.16. The molecule has 0 unspecified atom stereocenters. The standard InChI is InChI=1S/C21H21NO7S2/c1-26-16-10-14(11-17(27-2)18(16)28-3)22-31(24,25)20-15(13-8-6-5-7-9-13)12-30-19(20)21(23)29-4/h5-12,22H,1-4H3. The highest BCUT2D eigenvalue weighted by Gasteiger charge is 2.30. The van der Waals surface area contributed by atoms with Gasteiger partial charge in [-0.3, -0.25) is 4.72 Å². The maximum atomic E-state index is 13.4. The summed E-state index contributed by atoms with van der Waals surface area (Å²) in [6.07, 6.45) is 0. The first-order valence-electron chi connectivity index (χ1n) is 8.94. The Morgan fingerprint density at radius 3 is 2.06 bits per heavy atom. The van der Waals surface area contributed by atoms with E-state index in [1.165, 1.54) is 40.6 Å². The number of sulfonamides is 1. The van der Waals surface area contributed by atoms with Gasteiger partial charge in [0.25, 0.3) is 10.0 Å². The number of thiophene rings is 1. The molecule has 0 aliphatic heterocycles. The van der Waals surface area contributed by atoms with Crippen LogP contribution in [-0.2, 0) is 14.8 Å². The summed E-state index contributed by atoms with van der Waals surface area (Å²) in [5, 5.41) is 1.62. The first-order chi connectivity index (χ1) is 14.9. The normalized spacial score (nSPS) is 11.0. The van der Waals surface area contributed by atoms with Crippen molar-refractivity contribution < 1.29 is 32.2 Å². The van der Waals surface area contributed by atoms with E-state index in [0.29, 0.717) is 16.9 Å². The highest BCUT2D eigenvalue weighted by Crippen LogP contribution is 2.42. The van der Waals surface area contributed by atoms with Crippen LogP contribution in [0.3, 0.4) is 0 Å². The van der Waals surface area contributed by atoms with Crippen molar-refractivity contribution in [2.45, 2.75) is 4.90 Å². The third-order valence-corrected chi connectivity index (χ3v) is 6.94. The van der Waals surface area contributed by atoms with Gasteiger partial charge in [-0.25, -0.2) is 13.2 Å². The summed E-state index contributed by atoms with van der Waals surface area (Å²) in [6, 6.07) is 11.8. The van der Waals surface area contributed by atoms with Crippen molar-refractivity contribution in [3.05, 3.63) is 52.7 Å². The number of hydrogen-bond donors (Lipinski definition) is 1. The van der Waals surface area contributed by atoms with Gasteiger partial charge in [0.05, 0.1) is 34.1 Å². The van der Waals surface area contributed by atoms with Crippen LogP contribution in [0.1, 0.15) is 9.67 Å². The summed E-state index contributed by atoms with van der Waals surface area (Å²) in [6.45, 7) is 0. The molecular weight excluding hydrogens is 442 g/mol. The van der Waals surface area contributed by atoms with Gasteiger partial charge in [-0.1, -0.05) is 30.3 Å². The van der Waals surface area contributed by atoms with Gasteiger partial charge in [0, 0.05) is 23.1 Å². The highest BCUT2D eigenvalue weighted by atomic mass is 32.2. The number of methoxy groups -OCH3 is 4. The van der Waals surface area contributed by atoms with Crippen molar-refractivity contribution >= 4 is 33.0 Å². The topological polar surface area (TPSA) is 100 Å². The maximum Gasteiger partial charge on any atom is 0.349 e. The maximum absolute atomic E-state index is 13.4. The number of carbonyl (C=O) groups is 1. The summed E-state index contributed by atoms with van der Waals surface area (Å²) in [4.78, 5) is 12.1. The lowest BCUT2D eigenvalue weighted by Crippen LogP contribution is -2.17. The molecule has 0 aliphatic carbocycles. The Hall–Kier alpha value is -3.24. The fourth-order valence-electron chi connectivity index (χ4n) is 3.01. The van der Waals surface area contributed by atoms with E-state index in [0.717, 1.165) is 11.3 Å². The zero-order valence-electron chi connectivity index (χ0n) is 17.3. The first-order valence-corrected chi connectivity index (χ1v) is 11.3. The van der Waals surface area contributed by atoms with Crippen LogP contribution in [0, 0.1) is 0 Å². The number of ether oxygens (including phenoxy) is 4. The van der Waals surface area contributed by atoms with Gasteiger partial charge >= 0.3 is 5.97 Å². The third-order valence-electron chi connectivity index (χ3n) is 4.39. The molecule has 1 aromatic heterocycles. The average Bonchev–Trinajstić information content (AvgIpc) is 3.24. The van der Waals surface area contributed by atoms with Crippen LogP contribution in [0.4, 0.5) is 5.69 Å². The van der Waals surface area contributed by atoms with E-state index >= 15 is 0 Å². The Kier molecular flexibility index (Phi) is 6.71. The van der Waals surface area contributed by atoms with Crippen LogP contribution in [0.15, 0.2) is 52.7 Å². The van der Waals surface area contributed by atoms with Crippen LogP contribution in [0.25, 0.3) is 11.1 Å². The number of carbonyl (C=O) groups excluding carboxylic acids is 1. The van der Waals surface area contributed by atoms with E-state index in [2.05, 4.69) is 4.72 Å². The van der Waals surface area contributed by atoms with Gasteiger partial charge in [0.2, 0.25) is 5.75 Å². The minimum absolute atomic E-state index is 0.0266. The van der Waals surface area contributed by atoms with E-state index in [4.69, 9.17) is 18.9 Å². The van der Waals surface area contributed by atoms with Crippen molar-refractivity contribution in [1.29, 1.82) is 0 Å². The number of rotatable bonds is 8. The minimum atomic E-state index is -4.20. The molecule has 0 radical (unpaired) electrons. The predicted molar refractivity (Wildman–Crippen MR) is 118 cm³/mol. The molecule has 0 spiro atoms. The monoisotopic (exact) mass is 463 g/mol. The smallest absolute Gasteiger partial charge is 0.349 e. The highest BCUT2D eigenvalue weighted by molar-refractivity contribution is 7.93. The Bertz CT molecular complexity index is 1160. The molecule has 0 bridgehead atoms. The summed E-state index contributed by atoms with van der Waals surface area (Å²) >= 11 is 0.999. The number of anilines is 1. The molecule has 0 atom stereocenters. The van der Waals surface area contributed by atoms with E-state index < -0.39 is 16.0 Å². The Balaban J connectivity index is 2.14. The fourth-order valence-corrected chi connectivity index (χ4v) is 5.77. The molecule has 0 saturated heterocycles. The van der Waals surface area contributed by atoms with Crippen LogP contribution >= 0.6 is 11.3 Å². The van der Waals surface area contributed by atoms with Crippen LogP contribution in [0.2, 0.25) is 0 Å². The molecule has 10 heteroatoms. The molecule has 0 saturated carbocycles. The molecule has 164 valence electrons. The lowest BCUT2D eigenvalue weighted by atomic mass is 10.1. The Morgan fingerprint density at radius 1 is 0.935 bits per heavy atom. The van der Waals surface area contributed by atoms with E-state index in [9.17, 15) is 13.2 Å².